The molecule has 0 spiro atoms. The molecule has 0 aliphatic heterocycles. The lowest BCUT2D eigenvalue weighted by Gasteiger charge is -2.13. The SMILES string of the molecule is CC(C)[C@H](O)C(=O)Nc1ccc(S(=O)(=O)c2ccc(C(F)(F)F)cc2)s1. The summed E-state index contributed by atoms with van der Waals surface area (Å²) in [6.07, 6.45) is -5.80. The van der Waals surface area contributed by atoms with Gasteiger partial charge in [-0.15, -0.1) is 11.3 Å². The number of hydrogen-bond acceptors (Lipinski definition) is 5. The van der Waals surface area contributed by atoms with Crippen LogP contribution in [0.25, 0.3) is 0 Å². The van der Waals surface area contributed by atoms with Crippen LogP contribution < -0.4 is 5.32 Å². The highest BCUT2D eigenvalue weighted by Crippen LogP contribution is 2.33. The topological polar surface area (TPSA) is 83.5 Å². The molecule has 1 aromatic carbocycles. The largest absolute Gasteiger partial charge is 0.416 e. The summed E-state index contributed by atoms with van der Waals surface area (Å²) >= 11 is 0.749. The molecule has 0 unspecified atom stereocenters. The van der Waals surface area contributed by atoms with E-state index in [4.69, 9.17) is 0 Å². The normalized spacial score (nSPS) is 13.7. The van der Waals surface area contributed by atoms with E-state index in [1.54, 1.807) is 13.8 Å². The number of thiophene rings is 1. The molecular formula is C16H16F3NO4S2. The van der Waals surface area contributed by atoms with Gasteiger partial charge in [0.1, 0.15) is 10.3 Å². The van der Waals surface area contributed by atoms with Crippen molar-refractivity contribution in [2.45, 2.75) is 35.2 Å². The van der Waals surface area contributed by atoms with Crippen molar-refractivity contribution < 1.29 is 31.5 Å². The molecule has 5 nitrogen and oxygen atoms in total. The number of anilines is 1. The first-order chi connectivity index (χ1) is 11.9. The Labute approximate surface area is 152 Å². The molecule has 1 atom stereocenters. The van der Waals surface area contributed by atoms with Crippen molar-refractivity contribution in [3.8, 4) is 0 Å². The maximum Gasteiger partial charge on any atom is 0.416 e. The van der Waals surface area contributed by atoms with Crippen LogP contribution in [-0.4, -0.2) is 25.5 Å². The fourth-order valence-electron chi connectivity index (χ4n) is 1.97. The second kappa shape index (κ2) is 7.37. The molecule has 10 heteroatoms. The van der Waals surface area contributed by atoms with E-state index in [0.29, 0.717) is 12.1 Å². The Morgan fingerprint density at radius 3 is 2.19 bits per heavy atom. The Morgan fingerprint density at radius 2 is 1.69 bits per heavy atom. The Balaban J connectivity index is 2.23. The van der Waals surface area contributed by atoms with Gasteiger partial charge in [-0.05, 0) is 42.3 Å². The highest BCUT2D eigenvalue weighted by atomic mass is 32.2. The lowest BCUT2D eigenvalue weighted by molar-refractivity contribution is -0.137. The van der Waals surface area contributed by atoms with Gasteiger partial charge in [0.15, 0.2) is 0 Å². The minimum atomic E-state index is -4.56. The number of carbonyl (C=O) groups is 1. The van der Waals surface area contributed by atoms with E-state index in [1.807, 2.05) is 0 Å². The van der Waals surface area contributed by atoms with Crippen LogP contribution in [0.3, 0.4) is 0 Å². The number of aliphatic hydroxyl groups is 1. The predicted octanol–water partition coefficient (Wildman–Crippen LogP) is 3.56. The van der Waals surface area contributed by atoms with Crippen LogP contribution in [0, 0.1) is 5.92 Å². The molecule has 1 heterocycles. The maximum absolute atomic E-state index is 12.6. The summed E-state index contributed by atoms with van der Waals surface area (Å²) in [4.78, 5) is 11.5. The van der Waals surface area contributed by atoms with E-state index in [0.717, 1.165) is 23.5 Å². The van der Waals surface area contributed by atoms with Gasteiger partial charge in [-0.25, -0.2) is 8.42 Å². The Morgan fingerprint density at radius 1 is 1.12 bits per heavy atom. The number of hydrogen-bond donors (Lipinski definition) is 2. The fraction of sp³-hybridized carbons (Fsp3) is 0.312. The van der Waals surface area contributed by atoms with Gasteiger partial charge in [0.05, 0.1) is 15.5 Å². The Hall–Kier alpha value is -1.91. The molecule has 1 aromatic heterocycles. The third kappa shape index (κ3) is 4.43. The van der Waals surface area contributed by atoms with E-state index in [1.165, 1.54) is 12.1 Å². The molecule has 2 N–H and O–H groups in total. The molecule has 1 amide bonds. The molecule has 0 fully saturated rings. The highest BCUT2D eigenvalue weighted by Gasteiger charge is 2.31. The van der Waals surface area contributed by atoms with Gasteiger partial charge in [-0.1, -0.05) is 13.8 Å². The molecule has 2 aromatic rings. The number of amides is 1. The van der Waals surface area contributed by atoms with Gasteiger partial charge in [0.25, 0.3) is 5.91 Å². The summed E-state index contributed by atoms with van der Waals surface area (Å²) in [5, 5.41) is 12.3. The molecule has 0 aliphatic rings. The number of aliphatic hydroxyl groups excluding tert-OH is 1. The molecule has 2 rings (SSSR count). The summed E-state index contributed by atoms with van der Waals surface area (Å²) in [6, 6.07) is 5.77. The predicted molar refractivity (Wildman–Crippen MR) is 90.7 cm³/mol. The van der Waals surface area contributed by atoms with Crippen LogP contribution in [0.5, 0.6) is 0 Å². The first-order valence-corrected chi connectivity index (χ1v) is 9.74. The van der Waals surface area contributed by atoms with Crippen molar-refractivity contribution in [3.05, 3.63) is 42.0 Å². The second-order valence-corrected chi connectivity index (χ2v) is 9.08. The van der Waals surface area contributed by atoms with Crippen molar-refractivity contribution in [1.29, 1.82) is 0 Å². The standard InChI is InChI=1S/C16H16F3NO4S2/c1-9(2)14(21)15(22)20-12-7-8-13(25-12)26(23,24)11-5-3-10(4-6-11)16(17,18)19/h3-9,14,21H,1-2H3,(H,20,22)/t14-/m0/s1. The van der Waals surface area contributed by atoms with Crippen LogP contribution in [-0.2, 0) is 20.8 Å². The molecule has 0 radical (unpaired) electrons. The van der Waals surface area contributed by atoms with E-state index in [9.17, 15) is 31.5 Å². The molecule has 26 heavy (non-hydrogen) atoms. The fourth-order valence-corrected chi connectivity index (χ4v) is 4.58. The first kappa shape index (κ1) is 20.4. The van der Waals surface area contributed by atoms with Crippen LogP contribution >= 0.6 is 11.3 Å². The van der Waals surface area contributed by atoms with Gasteiger partial charge in [0.2, 0.25) is 9.84 Å². The number of carbonyl (C=O) groups excluding carboxylic acids is 1. The zero-order valence-electron chi connectivity index (χ0n) is 13.7. The number of sulfone groups is 1. The number of alkyl halides is 3. The monoisotopic (exact) mass is 407 g/mol. The van der Waals surface area contributed by atoms with Crippen LogP contribution in [0.2, 0.25) is 0 Å². The third-order valence-corrected chi connectivity index (χ3v) is 6.75. The summed E-state index contributed by atoms with van der Waals surface area (Å²) in [5.41, 5.74) is -0.946. The minimum absolute atomic E-state index is 0.133. The van der Waals surface area contributed by atoms with Crippen molar-refractivity contribution in [2.75, 3.05) is 5.32 Å². The zero-order chi connectivity index (χ0) is 19.7. The van der Waals surface area contributed by atoms with Crippen LogP contribution in [0.4, 0.5) is 18.2 Å². The van der Waals surface area contributed by atoms with E-state index < -0.39 is 33.6 Å². The summed E-state index contributed by atoms with van der Waals surface area (Å²) in [5.74, 6) is -0.981. The Kier molecular flexibility index (Phi) is 5.79. The quantitative estimate of drug-likeness (QED) is 0.794. The van der Waals surface area contributed by atoms with Gasteiger partial charge in [-0.3, -0.25) is 4.79 Å². The Bertz CT molecular complexity index is 887. The minimum Gasteiger partial charge on any atom is -0.383 e. The molecule has 0 saturated heterocycles. The van der Waals surface area contributed by atoms with Crippen molar-refractivity contribution in [2.24, 2.45) is 5.92 Å². The lowest BCUT2D eigenvalue weighted by Crippen LogP contribution is -2.31. The van der Waals surface area contributed by atoms with Crippen LogP contribution in [0.1, 0.15) is 19.4 Å². The van der Waals surface area contributed by atoms with Gasteiger partial charge in [0, 0.05) is 0 Å². The number of halogens is 3. The average Bonchev–Trinajstić information content (AvgIpc) is 3.02. The highest BCUT2D eigenvalue weighted by molar-refractivity contribution is 7.93. The smallest absolute Gasteiger partial charge is 0.383 e. The second-order valence-electron chi connectivity index (χ2n) is 5.82. The zero-order valence-corrected chi connectivity index (χ0v) is 15.4. The van der Waals surface area contributed by atoms with Gasteiger partial charge < -0.3 is 10.4 Å². The summed E-state index contributed by atoms with van der Waals surface area (Å²) in [7, 11) is -4.02. The van der Waals surface area contributed by atoms with Gasteiger partial charge >= 0.3 is 6.18 Å². The van der Waals surface area contributed by atoms with Crippen molar-refractivity contribution >= 4 is 32.1 Å². The number of rotatable bonds is 5. The van der Waals surface area contributed by atoms with E-state index in [2.05, 4.69) is 5.32 Å². The average molecular weight is 407 g/mol. The summed E-state index contributed by atoms with van der Waals surface area (Å²) < 4.78 is 62.6. The van der Waals surface area contributed by atoms with Crippen molar-refractivity contribution in [1.82, 2.24) is 0 Å². The van der Waals surface area contributed by atoms with E-state index >= 15 is 0 Å². The molecule has 0 saturated carbocycles. The van der Waals surface area contributed by atoms with E-state index in [-0.39, 0.29) is 20.0 Å². The molecule has 0 bridgehead atoms. The van der Waals surface area contributed by atoms with Crippen molar-refractivity contribution in [3.63, 3.8) is 0 Å². The molecule has 142 valence electrons. The maximum atomic E-state index is 12.6. The van der Waals surface area contributed by atoms with Gasteiger partial charge in [-0.2, -0.15) is 13.2 Å². The molecule has 0 aliphatic carbocycles. The number of benzene rings is 1. The first-order valence-electron chi connectivity index (χ1n) is 7.44. The van der Waals surface area contributed by atoms with Crippen LogP contribution in [0.15, 0.2) is 45.5 Å². The third-order valence-electron chi connectivity index (χ3n) is 3.48. The number of nitrogens with one attached hydrogen (secondary N) is 1. The summed E-state index contributed by atoms with van der Waals surface area (Å²) in [6.45, 7) is 3.30. The lowest BCUT2D eigenvalue weighted by atomic mass is 10.1. The molecular weight excluding hydrogens is 391 g/mol.